The van der Waals surface area contributed by atoms with Crippen molar-refractivity contribution in [1.29, 1.82) is 0 Å². The molecule has 0 fully saturated rings. The Labute approximate surface area is 222 Å². The molecule has 0 spiro atoms. The van der Waals surface area contributed by atoms with Gasteiger partial charge in [0.05, 0.1) is 40.8 Å². The summed E-state index contributed by atoms with van der Waals surface area (Å²) in [5.74, 6) is -1.24. The molecule has 1 aliphatic rings. The third-order valence-electron chi connectivity index (χ3n) is 6.74. The Hall–Kier alpha value is -4.00. The molecule has 0 amide bonds. The molecule has 186 valence electrons. The zero-order valence-corrected chi connectivity index (χ0v) is 21.2. The van der Waals surface area contributed by atoms with Crippen molar-refractivity contribution in [2.75, 3.05) is 14.2 Å². The van der Waals surface area contributed by atoms with Crippen LogP contribution in [0.2, 0.25) is 10.0 Å². The largest absolute Gasteiger partial charge is 0.506 e. The molecule has 0 aliphatic heterocycles. The first-order chi connectivity index (χ1) is 17.7. The molecule has 2 N–H and O–H groups in total. The van der Waals surface area contributed by atoms with Crippen LogP contribution >= 0.6 is 23.2 Å². The van der Waals surface area contributed by atoms with Crippen molar-refractivity contribution in [2.45, 2.75) is 5.41 Å². The van der Waals surface area contributed by atoms with Crippen LogP contribution in [-0.2, 0) is 14.9 Å². The maximum atomic E-state index is 12.6. The molecule has 5 rings (SSSR count). The summed E-state index contributed by atoms with van der Waals surface area (Å²) in [5, 5.41) is 20.6. The van der Waals surface area contributed by atoms with E-state index in [-0.39, 0.29) is 21.5 Å². The first-order valence-corrected chi connectivity index (χ1v) is 11.9. The summed E-state index contributed by atoms with van der Waals surface area (Å²) in [6, 6.07) is 20.1. The van der Waals surface area contributed by atoms with E-state index in [9.17, 15) is 19.8 Å². The fourth-order valence-corrected chi connectivity index (χ4v) is 5.44. The number of rotatable bonds is 4. The van der Waals surface area contributed by atoms with E-state index in [0.717, 1.165) is 11.1 Å². The van der Waals surface area contributed by atoms with Crippen LogP contribution in [0.1, 0.15) is 43.0 Å². The summed E-state index contributed by atoms with van der Waals surface area (Å²) >= 11 is 12.8. The van der Waals surface area contributed by atoms with Crippen LogP contribution in [0, 0.1) is 0 Å². The van der Waals surface area contributed by atoms with Crippen LogP contribution in [0.25, 0.3) is 11.1 Å². The number of carbonyl (C=O) groups excluding carboxylic acids is 2. The molecule has 1 aliphatic carbocycles. The lowest BCUT2D eigenvalue weighted by atomic mass is 9.67. The summed E-state index contributed by atoms with van der Waals surface area (Å²) < 4.78 is 9.96. The molecule has 0 saturated heterocycles. The van der Waals surface area contributed by atoms with Crippen molar-refractivity contribution in [2.24, 2.45) is 0 Å². The number of hydrogen-bond donors (Lipinski definition) is 2. The van der Waals surface area contributed by atoms with E-state index < -0.39 is 17.4 Å². The molecule has 4 aromatic rings. The van der Waals surface area contributed by atoms with E-state index in [1.165, 1.54) is 26.4 Å². The monoisotopic (exact) mass is 534 g/mol. The van der Waals surface area contributed by atoms with Gasteiger partial charge in [-0.15, -0.1) is 0 Å². The molecule has 6 nitrogen and oxygen atoms in total. The lowest BCUT2D eigenvalue weighted by Crippen LogP contribution is -2.29. The van der Waals surface area contributed by atoms with Crippen LogP contribution in [-0.4, -0.2) is 36.4 Å². The second-order valence-corrected chi connectivity index (χ2v) is 9.40. The van der Waals surface area contributed by atoms with Gasteiger partial charge in [-0.2, -0.15) is 0 Å². The van der Waals surface area contributed by atoms with Crippen molar-refractivity contribution < 1.29 is 29.3 Å². The maximum absolute atomic E-state index is 12.6. The number of aromatic hydroxyl groups is 2. The van der Waals surface area contributed by atoms with E-state index in [2.05, 4.69) is 0 Å². The predicted molar refractivity (Wildman–Crippen MR) is 140 cm³/mol. The van der Waals surface area contributed by atoms with Gasteiger partial charge in [-0.1, -0.05) is 47.5 Å². The first-order valence-electron chi connectivity index (χ1n) is 11.2. The number of esters is 2. The zero-order valence-electron chi connectivity index (χ0n) is 19.7. The average molecular weight is 535 g/mol. The quantitative estimate of drug-likeness (QED) is 0.261. The number of carbonyl (C=O) groups is 2. The lowest BCUT2D eigenvalue weighted by molar-refractivity contribution is 0.0592. The van der Waals surface area contributed by atoms with Crippen LogP contribution in [0.15, 0.2) is 72.8 Å². The Bertz CT molecular complexity index is 1470. The Morgan fingerprint density at radius 2 is 1.05 bits per heavy atom. The standard InChI is InChI=1S/C29H20Cl2O6/c1-36-27(34)15-3-7-19-20-8-4-16(28(35)37-2)12-22(20)29(21(19)11-15,17-5-9-25(32)23(30)13-17)18-6-10-26(33)24(31)14-18/h3-14,32-33H,1-2H3. The summed E-state index contributed by atoms with van der Waals surface area (Å²) in [4.78, 5) is 25.1. The van der Waals surface area contributed by atoms with Crippen LogP contribution in [0.3, 0.4) is 0 Å². The minimum absolute atomic E-state index is 0.102. The third-order valence-corrected chi connectivity index (χ3v) is 7.35. The van der Waals surface area contributed by atoms with Crippen LogP contribution in [0.4, 0.5) is 0 Å². The van der Waals surface area contributed by atoms with Gasteiger partial charge >= 0.3 is 11.9 Å². The predicted octanol–water partition coefficient (Wildman–Crippen LogP) is 6.34. The summed E-state index contributed by atoms with van der Waals surface area (Å²) in [6.45, 7) is 0. The van der Waals surface area contributed by atoms with Gasteiger partial charge in [0.2, 0.25) is 0 Å². The van der Waals surface area contributed by atoms with Crippen molar-refractivity contribution in [1.82, 2.24) is 0 Å². The second-order valence-electron chi connectivity index (χ2n) is 8.59. The second kappa shape index (κ2) is 9.14. The normalized spacial score (nSPS) is 13.0. The topological polar surface area (TPSA) is 93.1 Å². The summed E-state index contributed by atoms with van der Waals surface area (Å²) in [5.41, 5.74) is 3.81. The molecule has 0 saturated carbocycles. The zero-order chi connectivity index (χ0) is 26.5. The Balaban J connectivity index is 1.98. The van der Waals surface area contributed by atoms with E-state index in [4.69, 9.17) is 32.7 Å². The molecule has 0 radical (unpaired) electrons. The Kier molecular flexibility index (Phi) is 6.10. The molecule has 8 heteroatoms. The number of ether oxygens (including phenoxy) is 2. The highest BCUT2D eigenvalue weighted by atomic mass is 35.5. The highest BCUT2D eigenvalue weighted by Gasteiger charge is 2.47. The SMILES string of the molecule is COC(=O)c1ccc2c(c1)C(c1ccc(O)c(Cl)c1)(c1ccc(O)c(Cl)c1)c1cc(C(=O)OC)ccc1-2. The van der Waals surface area contributed by atoms with E-state index in [0.29, 0.717) is 33.4 Å². The number of benzene rings is 4. The van der Waals surface area contributed by atoms with Crippen molar-refractivity contribution in [3.05, 3.63) is 116 Å². The maximum Gasteiger partial charge on any atom is 0.337 e. The average Bonchev–Trinajstić information content (AvgIpc) is 3.20. The molecule has 37 heavy (non-hydrogen) atoms. The van der Waals surface area contributed by atoms with Crippen molar-refractivity contribution in [3.63, 3.8) is 0 Å². The Morgan fingerprint density at radius 1 is 0.649 bits per heavy atom. The van der Waals surface area contributed by atoms with Crippen molar-refractivity contribution in [3.8, 4) is 22.6 Å². The van der Waals surface area contributed by atoms with Gasteiger partial charge in [-0.05, 0) is 81.9 Å². The number of phenolic OH excluding ortho intramolecular Hbond substituents is 2. The molecule has 0 unspecified atom stereocenters. The van der Waals surface area contributed by atoms with E-state index in [1.807, 2.05) is 12.1 Å². The van der Waals surface area contributed by atoms with Gasteiger partial charge in [0.1, 0.15) is 11.5 Å². The highest BCUT2D eigenvalue weighted by molar-refractivity contribution is 6.32. The summed E-state index contributed by atoms with van der Waals surface area (Å²) in [7, 11) is 2.61. The van der Waals surface area contributed by atoms with Gasteiger partial charge < -0.3 is 19.7 Å². The highest BCUT2D eigenvalue weighted by Crippen LogP contribution is 2.57. The number of fused-ring (bicyclic) bond motifs is 3. The first kappa shape index (κ1) is 24.7. The van der Waals surface area contributed by atoms with Gasteiger partial charge in [0.15, 0.2) is 0 Å². The Morgan fingerprint density at radius 3 is 1.41 bits per heavy atom. The number of phenols is 2. The molecule has 0 bridgehead atoms. The minimum atomic E-state index is -1.15. The van der Waals surface area contributed by atoms with Gasteiger partial charge in [0, 0.05) is 0 Å². The lowest BCUT2D eigenvalue weighted by Gasteiger charge is -2.34. The van der Waals surface area contributed by atoms with Gasteiger partial charge in [-0.25, -0.2) is 9.59 Å². The summed E-state index contributed by atoms with van der Waals surface area (Å²) in [6.07, 6.45) is 0. The van der Waals surface area contributed by atoms with Gasteiger partial charge in [0.25, 0.3) is 0 Å². The molecular formula is C29H20Cl2O6. The van der Waals surface area contributed by atoms with Crippen molar-refractivity contribution >= 4 is 35.1 Å². The smallest absolute Gasteiger partial charge is 0.337 e. The molecule has 4 aromatic carbocycles. The molecule has 0 aromatic heterocycles. The molecular weight excluding hydrogens is 515 g/mol. The minimum Gasteiger partial charge on any atom is -0.506 e. The molecule has 0 heterocycles. The molecule has 0 atom stereocenters. The van der Waals surface area contributed by atoms with Crippen LogP contribution in [0.5, 0.6) is 11.5 Å². The van der Waals surface area contributed by atoms with E-state index in [1.54, 1.807) is 48.5 Å². The number of hydrogen-bond acceptors (Lipinski definition) is 6. The third kappa shape index (κ3) is 3.72. The van der Waals surface area contributed by atoms with Gasteiger partial charge in [-0.3, -0.25) is 0 Å². The number of methoxy groups -OCH3 is 2. The van der Waals surface area contributed by atoms with E-state index >= 15 is 0 Å². The number of halogens is 2. The van der Waals surface area contributed by atoms with Crippen LogP contribution < -0.4 is 0 Å². The fourth-order valence-electron chi connectivity index (χ4n) is 5.08. The fraction of sp³-hybridized carbons (Fsp3) is 0.103.